The van der Waals surface area contributed by atoms with Gasteiger partial charge in [0, 0.05) is 45.5 Å². The number of anilines is 1. The van der Waals surface area contributed by atoms with E-state index in [1.165, 1.54) is 16.8 Å². The topological polar surface area (TPSA) is 186 Å². The smallest absolute Gasteiger partial charge is 0.340 e. The van der Waals surface area contributed by atoms with Crippen molar-refractivity contribution >= 4 is 23.7 Å². The summed E-state index contributed by atoms with van der Waals surface area (Å²) in [6.07, 6.45) is 1.52. The molecule has 5 rings (SSSR count). The molecule has 7 N–H and O–H groups in total. The summed E-state index contributed by atoms with van der Waals surface area (Å²) in [5, 5.41) is 2.65. The summed E-state index contributed by atoms with van der Waals surface area (Å²) in [7, 11) is 0. The Labute approximate surface area is 232 Å². The van der Waals surface area contributed by atoms with Crippen LogP contribution in [0.4, 0.5) is 10.6 Å². The summed E-state index contributed by atoms with van der Waals surface area (Å²) >= 11 is 0. The van der Waals surface area contributed by atoms with Gasteiger partial charge in [-0.2, -0.15) is 4.98 Å². The fraction of sp³-hybridized carbons (Fsp3) is 0.519. The number of hydrogen-bond donors (Lipinski definition) is 4. The molecular formula is C27H37N9O4. The molecule has 1 aromatic carbocycles. The second-order valence-corrected chi connectivity index (χ2v) is 11.4. The Hall–Kier alpha value is -3.81. The van der Waals surface area contributed by atoms with Crippen molar-refractivity contribution in [1.29, 1.82) is 0 Å². The number of nitrogens with zero attached hydrogens (tertiary/aromatic N) is 5. The molecule has 4 atom stereocenters. The lowest BCUT2D eigenvalue weighted by Gasteiger charge is -2.37. The van der Waals surface area contributed by atoms with Gasteiger partial charge >= 0.3 is 11.7 Å². The van der Waals surface area contributed by atoms with E-state index < -0.39 is 23.3 Å². The van der Waals surface area contributed by atoms with Gasteiger partial charge in [-0.15, -0.1) is 0 Å². The van der Waals surface area contributed by atoms with Crippen LogP contribution in [0.2, 0.25) is 0 Å². The molecule has 13 nitrogen and oxygen atoms in total. The average molecular weight is 552 g/mol. The van der Waals surface area contributed by atoms with Gasteiger partial charge in [0.05, 0.1) is 11.2 Å². The molecule has 3 aliphatic rings. The van der Waals surface area contributed by atoms with Gasteiger partial charge < -0.3 is 31.9 Å². The zero-order chi connectivity index (χ0) is 28.8. The van der Waals surface area contributed by atoms with Crippen LogP contribution in [0, 0.1) is 17.8 Å². The lowest BCUT2D eigenvalue weighted by molar-refractivity contribution is -0.137. The molecule has 2 unspecified atom stereocenters. The number of aromatic nitrogens is 2. The molecule has 0 bridgehead atoms. The van der Waals surface area contributed by atoms with E-state index in [1.807, 2.05) is 4.90 Å². The quantitative estimate of drug-likeness (QED) is 0.363. The maximum absolute atomic E-state index is 12.9. The van der Waals surface area contributed by atoms with E-state index >= 15 is 0 Å². The van der Waals surface area contributed by atoms with Crippen LogP contribution >= 0.6 is 0 Å². The second-order valence-electron chi connectivity index (χ2n) is 11.4. The van der Waals surface area contributed by atoms with Crippen LogP contribution in [-0.4, -0.2) is 93.4 Å². The predicted molar refractivity (Wildman–Crippen MR) is 148 cm³/mol. The number of likely N-dealkylation sites (tertiary alicyclic amines) is 1. The van der Waals surface area contributed by atoms with Gasteiger partial charge in [-0.3, -0.25) is 19.5 Å². The number of carbonyl (C=O) groups excluding carboxylic acids is 3. The van der Waals surface area contributed by atoms with Crippen LogP contribution in [0.3, 0.4) is 0 Å². The second kappa shape index (κ2) is 10.6. The summed E-state index contributed by atoms with van der Waals surface area (Å²) in [6, 6.07) is 7.23. The summed E-state index contributed by atoms with van der Waals surface area (Å²) in [6.45, 7) is 6.84. The predicted octanol–water partition coefficient (Wildman–Crippen LogP) is -0.691. The number of nitrogens with two attached hydrogens (primary N) is 3. The van der Waals surface area contributed by atoms with Crippen molar-refractivity contribution in [3.63, 3.8) is 0 Å². The third kappa shape index (κ3) is 5.44. The molecule has 3 fully saturated rings. The maximum Gasteiger partial charge on any atom is 0.354 e. The Bertz CT molecular complexity index is 1330. The van der Waals surface area contributed by atoms with E-state index in [9.17, 15) is 19.2 Å². The highest BCUT2D eigenvalue weighted by molar-refractivity contribution is 5.89. The van der Waals surface area contributed by atoms with Crippen molar-refractivity contribution in [2.45, 2.75) is 25.4 Å². The van der Waals surface area contributed by atoms with E-state index in [1.54, 1.807) is 47.9 Å². The number of amides is 4. The molecule has 0 radical (unpaired) electrons. The first kappa shape index (κ1) is 27.7. The van der Waals surface area contributed by atoms with Crippen LogP contribution in [0.5, 0.6) is 0 Å². The molecule has 214 valence electrons. The van der Waals surface area contributed by atoms with Crippen LogP contribution in [0.25, 0.3) is 5.69 Å². The number of hydrogen-bond acceptors (Lipinski definition) is 8. The minimum atomic E-state index is -0.967. The third-order valence-corrected chi connectivity index (χ3v) is 8.20. The van der Waals surface area contributed by atoms with E-state index in [-0.39, 0.29) is 17.6 Å². The summed E-state index contributed by atoms with van der Waals surface area (Å²) in [4.78, 5) is 59.7. The van der Waals surface area contributed by atoms with Gasteiger partial charge in [-0.25, -0.2) is 9.59 Å². The molecular weight excluding hydrogens is 514 g/mol. The monoisotopic (exact) mass is 551 g/mol. The molecule has 0 spiro atoms. The molecule has 2 aromatic rings. The van der Waals surface area contributed by atoms with Crippen molar-refractivity contribution in [1.82, 2.24) is 24.3 Å². The number of carbonyl (C=O) groups is 3. The van der Waals surface area contributed by atoms with Gasteiger partial charge in [-0.1, -0.05) is 12.1 Å². The van der Waals surface area contributed by atoms with Crippen molar-refractivity contribution in [2.75, 3.05) is 51.1 Å². The lowest BCUT2D eigenvalue weighted by atomic mass is 10.1. The minimum Gasteiger partial charge on any atom is -0.340 e. The van der Waals surface area contributed by atoms with E-state index in [4.69, 9.17) is 17.2 Å². The van der Waals surface area contributed by atoms with Crippen LogP contribution in [0.15, 0.2) is 41.3 Å². The number of fused-ring (bicyclic) bond motifs is 1. The van der Waals surface area contributed by atoms with Crippen LogP contribution in [-0.2, 0) is 9.59 Å². The standard InChI is InChI=1S/C27H37N9O4/c1-27(2,30)24(38)33-9-11-34(12-10-33)25(39)31-21-7-8-36(26(40)32-21)17-5-3-16(4-6-17)22(29)23(37)35-14-19-18(13-28)20(19)15-35/h3-8,18-20,22H,9-15,28-30H2,1-2H3,(H,31,32,39,40)/t18?,19-,20+,22?. The molecule has 13 heteroatoms. The van der Waals surface area contributed by atoms with Gasteiger partial charge in [0.25, 0.3) is 0 Å². The molecule has 40 heavy (non-hydrogen) atoms. The average Bonchev–Trinajstić information content (AvgIpc) is 3.41. The van der Waals surface area contributed by atoms with Gasteiger partial charge in [0.2, 0.25) is 11.8 Å². The normalized spacial score (nSPS) is 23.0. The number of benzene rings is 1. The molecule has 2 saturated heterocycles. The van der Waals surface area contributed by atoms with Crippen LogP contribution in [0.1, 0.15) is 25.5 Å². The van der Waals surface area contributed by atoms with E-state index in [0.717, 1.165) is 0 Å². The Kier molecular flexibility index (Phi) is 7.38. The fourth-order valence-corrected chi connectivity index (χ4v) is 5.74. The van der Waals surface area contributed by atoms with Gasteiger partial charge in [0.15, 0.2) is 0 Å². The van der Waals surface area contributed by atoms with Gasteiger partial charge in [-0.05, 0) is 61.9 Å². The van der Waals surface area contributed by atoms with Crippen molar-refractivity contribution < 1.29 is 14.4 Å². The molecule has 4 amide bonds. The fourth-order valence-electron chi connectivity index (χ4n) is 5.74. The first-order valence-electron chi connectivity index (χ1n) is 13.6. The summed E-state index contributed by atoms with van der Waals surface area (Å²) in [5.74, 6) is 1.39. The zero-order valence-electron chi connectivity index (χ0n) is 22.8. The van der Waals surface area contributed by atoms with Gasteiger partial charge in [0.1, 0.15) is 11.9 Å². The Morgan fingerprint density at radius 3 is 2.15 bits per heavy atom. The first-order chi connectivity index (χ1) is 19.0. The molecule has 1 saturated carbocycles. The van der Waals surface area contributed by atoms with Crippen molar-refractivity contribution in [3.05, 3.63) is 52.6 Å². The molecule has 1 aromatic heterocycles. The Morgan fingerprint density at radius 1 is 1.00 bits per heavy atom. The number of piperazine rings is 1. The van der Waals surface area contributed by atoms with Crippen molar-refractivity contribution in [3.8, 4) is 5.69 Å². The highest BCUT2D eigenvalue weighted by atomic mass is 16.2. The van der Waals surface area contributed by atoms with Crippen molar-refractivity contribution in [2.24, 2.45) is 35.0 Å². The SMILES string of the molecule is CC(C)(N)C(=O)N1CCN(C(=O)Nc2ccn(-c3ccc(C(N)C(=O)N4C[C@@H]5C(CN)[C@@H]5C4)cc3)c(=O)n2)CC1. The number of rotatable bonds is 6. The highest BCUT2D eigenvalue weighted by Crippen LogP contribution is 2.51. The maximum atomic E-state index is 12.9. The highest BCUT2D eigenvalue weighted by Gasteiger charge is 2.55. The molecule has 1 aliphatic carbocycles. The lowest BCUT2D eigenvalue weighted by Crippen LogP contribution is -2.58. The van der Waals surface area contributed by atoms with E-state index in [2.05, 4.69) is 10.3 Å². The number of nitrogens with one attached hydrogen (secondary N) is 1. The Balaban J connectivity index is 1.16. The number of piperidine rings is 1. The zero-order valence-corrected chi connectivity index (χ0v) is 22.8. The summed E-state index contributed by atoms with van der Waals surface area (Å²) in [5.41, 5.74) is 17.6. The minimum absolute atomic E-state index is 0.106. The molecule has 3 heterocycles. The number of urea groups is 1. The van der Waals surface area contributed by atoms with E-state index in [0.29, 0.717) is 74.8 Å². The Morgan fingerprint density at radius 2 is 1.60 bits per heavy atom. The van der Waals surface area contributed by atoms with Crippen LogP contribution < -0.4 is 28.2 Å². The molecule has 2 aliphatic heterocycles. The summed E-state index contributed by atoms with van der Waals surface area (Å²) < 4.78 is 1.34. The largest absolute Gasteiger partial charge is 0.354 e. The third-order valence-electron chi connectivity index (χ3n) is 8.20. The first-order valence-corrected chi connectivity index (χ1v) is 13.6.